The van der Waals surface area contributed by atoms with Crippen molar-refractivity contribution in [2.75, 3.05) is 6.54 Å². The van der Waals surface area contributed by atoms with Crippen molar-refractivity contribution >= 4 is 49.6 Å². The third-order valence-corrected chi connectivity index (χ3v) is 8.26. The first-order chi connectivity index (χ1) is 15.8. The van der Waals surface area contributed by atoms with Crippen LogP contribution in [0.3, 0.4) is 0 Å². The summed E-state index contributed by atoms with van der Waals surface area (Å²) >= 11 is 7.50. The second kappa shape index (κ2) is 8.22. The van der Waals surface area contributed by atoms with E-state index in [1.165, 1.54) is 35.6 Å². The highest BCUT2D eigenvalue weighted by Crippen LogP contribution is 2.35. The van der Waals surface area contributed by atoms with Crippen molar-refractivity contribution in [1.29, 1.82) is 0 Å². The van der Waals surface area contributed by atoms with Gasteiger partial charge in [-0.15, -0.1) is 0 Å². The largest absolute Gasteiger partial charge is 0.354 e. The van der Waals surface area contributed by atoms with E-state index in [0.717, 1.165) is 10.9 Å². The summed E-state index contributed by atoms with van der Waals surface area (Å²) in [7, 11) is -4.16. The number of benzene rings is 3. The van der Waals surface area contributed by atoms with Gasteiger partial charge in [0.2, 0.25) is 15.9 Å². The van der Waals surface area contributed by atoms with Crippen molar-refractivity contribution < 1.29 is 17.6 Å². The van der Waals surface area contributed by atoms with E-state index in [2.05, 4.69) is 10.0 Å². The number of nitrogens with one attached hydrogen (secondary N) is 2. The molecule has 33 heavy (non-hydrogen) atoms. The van der Waals surface area contributed by atoms with E-state index in [9.17, 15) is 13.2 Å². The molecule has 0 spiro atoms. The number of hydrogen-bond acceptors (Lipinski definition) is 4. The van der Waals surface area contributed by atoms with E-state index < -0.39 is 27.3 Å². The summed E-state index contributed by atoms with van der Waals surface area (Å²) in [5, 5.41) is 8.42. The zero-order valence-corrected chi connectivity index (χ0v) is 19.5. The van der Waals surface area contributed by atoms with Gasteiger partial charge in [0.05, 0.1) is 4.90 Å². The molecule has 1 saturated heterocycles. The van der Waals surface area contributed by atoms with Gasteiger partial charge in [-0.25, -0.2) is 12.8 Å². The van der Waals surface area contributed by atoms with Crippen molar-refractivity contribution in [2.45, 2.75) is 16.9 Å². The van der Waals surface area contributed by atoms with Crippen LogP contribution in [0.25, 0.3) is 21.9 Å². The number of thiophene rings is 1. The predicted octanol–water partition coefficient (Wildman–Crippen LogP) is 5.05. The summed E-state index contributed by atoms with van der Waals surface area (Å²) in [6.07, 6.45) is 0.0863. The number of amides is 1. The SMILES string of the molecule is O=C1NCC[C@]1(NS(=O)(=O)c1ccc2cc(Cl)ccc2c1)c1ccc(-c2ccsc2)cc1F. The number of hydrogen-bond donors (Lipinski definition) is 2. The maximum atomic E-state index is 15.3. The number of halogens is 2. The zero-order chi connectivity index (χ0) is 23.2. The number of fused-ring (bicyclic) bond motifs is 1. The Balaban J connectivity index is 1.56. The standard InChI is InChI=1S/C24H18ClFN2O3S2/c25-19-4-1-16-12-20(5-2-15(16)11-19)33(30,31)28-24(8-9-27-23(24)29)21-6-3-17(13-22(21)26)18-7-10-32-14-18/h1-7,10-14,28H,8-9H2,(H,27,29)/t24-/m0/s1. The quantitative estimate of drug-likeness (QED) is 0.402. The first kappa shape index (κ1) is 22.0. The Hall–Kier alpha value is -2.78. The van der Waals surface area contributed by atoms with Gasteiger partial charge in [-0.2, -0.15) is 16.1 Å². The first-order valence-corrected chi connectivity index (χ1v) is 12.9. The average Bonchev–Trinajstić information content (AvgIpc) is 3.44. The lowest BCUT2D eigenvalue weighted by atomic mass is 9.88. The number of carbonyl (C=O) groups excluding carboxylic acids is 1. The van der Waals surface area contributed by atoms with Gasteiger partial charge < -0.3 is 5.32 Å². The summed E-state index contributed by atoms with van der Waals surface area (Å²) in [5.74, 6) is -1.23. The Labute approximate surface area is 199 Å². The van der Waals surface area contributed by atoms with Crippen LogP contribution in [0.5, 0.6) is 0 Å². The van der Waals surface area contributed by atoms with E-state index in [0.29, 0.717) is 16.0 Å². The van der Waals surface area contributed by atoms with Crippen LogP contribution in [0.15, 0.2) is 76.3 Å². The normalized spacial score (nSPS) is 18.5. The molecule has 168 valence electrons. The van der Waals surface area contributed by atoms with Crippen LogP contribution in [0.4, 0.5) is 4.39 Å². The number of sulfonamides is 1. The fourth-order valence-electron chi connectivity index (χ4n) is 4.16. The molecule has 1 aromatic heterocycles. The summed E-state index contributed by atoms with van der Waals surface area (Å²) in [6.45, 7) is 0.225. The van der Waals surface area contributed by atoms with E-state index >= 15 is 4.39 Å². The Morgan fingerprint density at radius 2 is 1.79 bits per heavy atom. The average molecular weight is 501 g/mol. The highest BCUT2D eigenvalue weighted by molar-refractivity contribution is 7.89. The van der Waals surface area contributed by atoms with Gasteiger partial charge in [-0.05, 0) is 75.5 Å². The molecule has 5 nitrogen and oxygen atoms in total. The third kappa shape index (κ3) is 3.93. The second-order valence-corrected chi connectivity index (χ2v) is 10.8. The molecule has 1 amide bonds. The Kier molecular flexibility index (Phi) is 5.49. The fourth-order valence-corrected chi connectivity index (χ4v) is 6.41. The van der Waals surface area contributed by atoms with Crippen LogP contribution in [0, 0.1) is 5.82 Å². The molecule has 5 rings (SSSR count). The molecule has 1 aliphatic rings. The van der Waals surface area contributed by atoms with Crippen LogP contribution >= 0.6 is 22.9 Å². The monoisotopic (exact) mass is 500 g/mol. The lowest BCUT2D eigenvalue weighted by Gasteiger charge is -2.28. The van der Waals surface area contributed by atoms with Crippen molar-refractivity contribution in [3.63, 3.8) is 0 Å². The minimum absolute atomic E-state index is 0.00683. The van der Waals surface area contributed by atoms with E-state index in [1.54, 1.807) is 30.3 Å². The van der Waals surface area contributed by atoms with Gasteiger partial charge >= 0.3 is 0 Å². The molecule has 0 saturated carbocycles. The van der Waals surface area contributed by atoms with Gasteiger partial charge in [-0.3, -0.25) is 4.79 Å². The van der Waals surface area contributed by atoms with Crippen molar-refractivity contribution in [2.24, 2.45) is 0 Å². The van der Waals surface area contributed by atoms with Gasteiger partial charge in [0.25, 0.3) is 0 Å². The Bertz CT molecular complexity index is 1490. The van der Waals surface area contributed by atoms with E-state index in [1.807, 2.05) is 16.8 Å². The molecule has 1 atom stereocenters. The molecule has 2 N–H and O–H groups in total. The maximum Gasteiger partial charge on any atom is 0.246 e. The number of carbonyl (C=O) groups is 1. The van der Waals surface area contributed by atoms with Crippen LogP contribution in [0.1, 0.15) is 12.0 Å². The smallest absolute Gasteiger partial charge is 0.246 e. The highest BCUT2D eigenvalue weighted by atomic mass is 35.5. The van der Waals surface area contributed by atoms with Gasteiger partial charge in [0.1, 0.15) is 11.4 Å². The Morgan fingerprint density at radius 3 is 2.48 bits per heavy atom. The summed E-state index contributed by atoms with van der Waals surface area (Å²) in [6, 6.07) is 16.1. The second-order valence-electron chi connectivity index (χ2n) is 7.88. The summed E-state index contributed by atoms with van der Waals surface area (Å²) in [4.78, 5) is 12.9. The molecule has 0 unspecified atom stereocenters. The van der Waals surface area contributed by atoms with E-state index in [-0.39, 0.29) is 23.4 Å². The van der Waals surface area contributed by atoms with E-state index in [4.69, 9.17) is 11.6 Å². The van der Waals surface area contributed by atoms with Gasteiger partial charge in [0, 0.05) is 17.1 Å². The van der Waals surface area contributed by atoms with Gasteiger partial charge in [0.15, 0.2) is 0 Å². The topological polar surface area (TPSA) is 75.3 Å². The van der Waals surface area contributed by atoms with Crippen molar-refractivity contribution in [1.82, 2.24) is 10.0 Å². The molecule has 1 fully saturated rings. The minimum Gasteiger partial charge on any atom is -0.354 e. The molecular formula is C24H18ClFN2O3S2. The molecule has 0 bridgehead atoms. The van der Waals surface area contributed by atoms with Crippen LogP contribution in [0.2, 0.25) is 5.02 Å². The van der Waals surface area contributed by atoms with Crippen LogP contribution in [-0.4, -0.2) is 20.9 Å². The molecule has 0 radical (unpaired) electrons. The van der Waals surface area contributed by atoms with Crippen molar-refractivity contribution in [3.05, 3.63) is 87.8 Å². The lowest BCUT2D eigenvalue weighted by molar-refractivity contribution is -0.124. The molecule has 2 heterocycles. The van der Waals surface area contributed by atoms with Crippen LogP contribution < -0.4 is 10.0 Å². The summed E-state index contributed by atoms with van der Waals surface area (Å²) < 4.78 is 44.5. The predicted molar refractivity (Wildman–Crippen MR) is 128 cm³/mol. The molecule has 0 aliphatic carbocycles. The lowest BCUT2D eigenvalue weighted by Crippen LogP contribution is -2.51. The fraction of sp³-hybridized carbons (Fsp3) is 0.125. The molecule has 4 aromatic rings. The van der Waals surface area contributed by atoms with Crippen LogP contribution in [-0.2, 0) is 20.4 Å². The maximum absolute atomic E-state index is 15.3. The number of rotatable bonds is 5. The molecular weight excluding hydrogens is 483 g/mol. The zero-order valence-electron chi connectivity index (χ0n) is 17.1. The molecule has 9 heteroatoms. The first-order valence-electron chi connectivity index (χ1n) is 10.1. The van der Waals surface area contributed by atoms with Crippen molar-refractivity contribution in [3.8, 4) is 11.1 Å². The summed E-state index contributed by atoms with van der Waals surface area (Å²) in [5.41, 5.74) is -0.243. The Morgan fingerprint density at radius 1 is 1.00 bits per heavy atom. The van der Waals surface area contributed by atoms with Gasteiger partial charge in [-0.1, -0.05) is 35.9 Å². The minimum atomic E-state index is -4.16. The highest BCUT2D eigenvalue weighted by Gasteiger charge is 2.48. The third-order valence-electron chi connectivity index (χ3n) is 5.85. The molecule has 3 aromatic carbocycles. The molecule has 1 aliphatic heterocycles.